The van der Waals surface area contributed by atoms with Crippen LogP contribution < -0.4 is 11.1 Å². The van der Waals surface area contributed by atoms with Crippen LogP contribution in [0.1, 0.15) is 25.3 Å². The molecule has 4 heteroatoms. The highest BCUT2D eigenvalue weighted by molar-refractivity contribution is 5.74. The van der Waals surface area contributed by atoms with E-state index in [0.717, 1.165) is 24.1 Å². The molecule has 92 valence electrons. The molecule has 0 spiro atoms. The van der Waals surface area contributed by atoms with Crippen LogP contribution in [0.4, 0.5) is 10.5 Å². The second-order valence-electron chi connectivity index (χ2n) is 4.48. The zero-order valence-electron chi connectivity index (χ0n) is 10.1. The van der Waals surface area contributed by atoms with Crippen molar-refractivity contribution in [3.63, 3.8) is 0 Å². The highest BCUT2D eigenvalue weighted by Gasteiger charge is 2.25. The highest BCUT2D eigenvalue weighted by Crippen LogP contribution is 2.19. The summed E-state index contributed by atoms with van der Waals surface area (Å²) in [4.78, 5) is 13.7. The summed E-state index contributed by atoms with van der Waals surface area (Å²) >= 11 is 0. The third-order valence-corrected chi connectivity index (χ3v) is 2.90. The third kappa shape index (κ3) is 3.37. The van der Waals surface area contributed by atoms with Gasteiger partial charge in [0.25, 0.3) is 0 Å². The zero-order valence-corrected chi connectivity index (χ0v) is 10.1. The molecule has 3 N–H and O–H groups in total. The van der Waals surface area contributed by atoms with Crippen LogP contribution in [0.3, 0.4) is 0 Å². The molecule has 1 saturated carbocycles. The first-order valence-corrected chi connectivity index (χ1v) is 6.09. The lowest BCUT2D eigenvalue weighted by atomic mass is 10.2. The Morgan fingerprint density at radius 1 is 1.53 bits per heavy atom. The van der Waals surface area contributed by atoms with Crippen molar-refractivity contribution in [2.75, 3.05) is 12.3 Å². The first-order valence-electron chi connectivity index (χ1n) is 6.09. The zero-order chi connectivity index (χ0) is 12.3. The molecule has 0 aromatic heterocycles. The Bertz CT molecular complexity index is 401. The van der Waals surface area contributed by atoms with Crippen molar-refractivity contribution >= 4 is 11.7 Å². The number of anilines is 1. The molecule has 0 bridgehead atoms. The number of benzene rings is 1. The number of rotatable bonds is 4. The van der Waals surface area contributed by atoms with E-state index < -0.39 is 0 Å². The molecule has 0 aliphatic heterocycles. The lowest BCUT2D eigenvalue weighted by Gasteiger charge is -2.21. The minimum Gasteiger partial charge on any atom is -0.399 e. The van der Waals surface area contributed by atoms with Crippen LogP contribution in [0, 0.1) is 0 Å². The Morgan fingerprint density at radius 3 is 2.88 bits per heavy atom. The van der Waals surface area contributed by atoms with Crippen molar-refractivity contribution in [3.8, 4) is 0 Å². The standard InChI is InChI=1S/C13H19N3O/c1-2-16(13(17)15-12-6-7-12)9-10-4-3-5-11(14)8-10/h3-5,8,12H,2,6-7,9,14H2,1H3,(H,15,17). The van der Waals surface area contributed by atoms with E-state index >= 15 is 0 Å². The smallest absolute Gasteiger partial charge is 0.317 e. The van der Waals surface area contributed by atoms with Gasteiger partial charge in [0.15, 0.2) is 0 Å². The molecule has 1 fully saturated rings. The molecule has 1 aromatic carbocycles. The largest absolute Gasteiger partial charge is 0.399 e. The van der Waals surface area contributed by atoms with Gasteiger partial charge in [0.1, 0.15) is 0 Å². The molecule has 1 aliphatic rings. The van der Waals surface area contributed by atoms with Crippen LogP contribution in [-0.4, -0.2) is 23.5 Å². The topological polar surface area (TPSA) is 58.4 Å². The van der Waals surface area contributed by atoms with Crippen molar-refractivity contribution in [2.45, 2.75) is 32.4 Å². The SMILES string of the molecule is CCN(Cc1cccc(N)c1)C(=O)NC1CC1. The molecule has 0 unspecified atom stereocenters. The number of carbonyl (C=O) groups is 1. The van der Waals surface area contributed by atoms with E-state index in [9.17, 15) is 4.79 Å². The van der Waals surface area contributed by atoms with E-state index in [1.54, 1.807) is 4.90 Å². The van der Waals surface area contributed by atoms with Crippen molar-refractivity contribution in [1.29, 1.82) is 0 Å². The molecule has 17 heavy (non-hydrogen) atoms. The Balaban J connectivity index is 1.95. The Kier molecular flexibility index (Phi) is 3.52. The van der Waals surface area contributed by atoms with Crippen LogP contribution in [0.5, 0.6) is 0 Å². The number of carbonyl (C=O) groups excluding carboxylic acids is 1. The third-order valence-electron chi connectivity index (χ3n) is 2.90. The van der Waals surface area contributed by atoms with E-state index in [-0.39, 0.29) is 6.03 Å². The maximum atomic E-state index is 11.9. The summed E-state index contributed by atoms with van der Waals surface area (Å²) in [5, 5.41) is 3.00. The summed E-state index contributed by atoms with van der Waals surface area (Å²) in [5.74, 6) is 0. The van der Waals surface area contributed by atoms with E-state index in [0.29, 0.717) is 19.1 Å². The number of hydrogen-bond acceptors (Lipinski definition) is 2. The molecule has 2 rings (SSSR count). The normalized spacial score (nSPS) is 14.4. The van der Waals surface area contributed by atoms with Crippen LogP contribution >= 0.6 is 0 Å². The first kappa shape index (κ1) is 11.8. The molecule has 0 atom stereocenters. The molecule has 0 saturated heterocycles. The minimum atomic E-state index is 0.0254. The maximum Gasteiger partial charge on any atom is 0.317 e. The molecule has 1 aromatic rings. The molecule has 2 amide bonds. The number of nitrogens with one attached hydrogen (secondary N) is 1. The van der Waals surface area contributed by atoms with Gasteiger partial charge in [-0.25, -0.2) is 4.79 Å². The van der Waals surface area contributed by atoms with Gasteiger partial charge in [0.05, 0.1) is 0 Å². The van der Waals surface area contributed by atoms with Crippen LogP contribution in [0.15, 0.2) is 24.3 Å². The molecule has 4 nitrogen and oxygen atoms in total. The van der Waals surface area contributed by atoms with E-state index in [1.807, 2.05) is 31.2 Å². The predicted molar refractivity (Wildman–Crippen MR) is 68.5 cm³/mol. The van der Waals surface area contributed by atoms with Gasteiger partial charge in [-0.1, -0.05) is 12.1 Å². The molecular formula is C13H19N3O. The summed E-state index contributed by atoms with van der Waals surface area (Å²) < 4.78 is 0. The first-order chi connectivity index (χ1) is 8.19. The summed E-state index contributed by atoms with van der Waals surface area (Å²) in [6, 6.07) is 8.09. The highest BCUT2D eigenvalue weighted by atomic mass is 16.2. The fourth-order valence-electron chi connectivity index (χ4n) is 1.73. The average molecular weight is 233 g/mol. The van der Waals surface area contributed by atoms with Crippen LogP contribution in [-0.2, 0) is 6.54 Å². The number of nitrogens with two attached hydrogens (primary N) is 1. The van der Waals surface area contributed by atoms with Crippen molar-refractivity contribution in [3.05, 3.63) is 29.8 Å². The molecule has 1 aliphatic carbocycles. The van der Waals surface area contributed by atoms with Gasteiger partial charge in [-0.05, 0) is 37.5 Å². The van der Waals surface area contributed by atoms with Gasteiger partial charge in [0, 0.05) is 24.8 Å². The number of nitrogen functional groups attached to an aromatic ring is 1. The number of hydrogen-bond donors (Lipinski definition) is 2. The molecule has 0 radical (unpaired) electrons. The summed E-state index contributed by atoms with van der Waals surface area (Å²) in [7, 11) is 0. The lowest BCUT2D eigenvalue weighted by molar-refractivity contribution is 0.197. The van der Waals surface area contributed by atoms with Crippen molar-refractivity contribution < 1.29 is 4.79 Å². The average Bonchev–Trinajstić information content (AvgIpc) is 3.09. The van der Waals surface area contributed by atoms with Gasteiger partial charge in [-0.3, -0.25) is 0 Å². The van der Waals surface area contributed by atoms with Crippen molar-refractivity contribution in [2.24, 2.45) is 0 Å². The fourth-order valence-corrected chi connectivity index (χ4v) is 1.73. The maximum absolute atomic E-state index is 11.9. The van der Waals surface area contributed by atoms with Gasteiger partial charge in [-0.2, -0.15) is 0 Å². The summed E-state index contributed by atoms with van der Waals surface area (Å²) in [6.45, 7) is 3.30. The van der Waals surface area contributed by atoms with E-state index in [1.165, 1.54) is 0 Å². The van der Waals surface area contributed by atoms with Gasteiger partial charge >= 0.3 is 6.03 Å². The fraction of sp³-hybridized carbons (Fsp3) is 0.462. The number of amides is 2. The number of nitrogens with zero attached hydrogens (tertiary/aromatic N) is 1. The summed E-state index contributed by atoms with van der Waals surface area (Å²) in [6.07, 6.45) is 2.23. The second kappa shape index (κ2) is 5.08. The number of urea groups is 1. The molecule has 0 heterocycles. The van der Waals surface area contributed by atoms with Crippen molar-refractivity contribution in [1.82, 2.24) is 10.2 Å². The molecular weight excluding hydrogens is 214 g/mol. The Labute approximate surface area is 102 Å². The van der Waals surface area contributed by atoms with Gasteiger partial charge in [-0.15, -0.1) is 0 Å². The van der Waals surface area contributed by atoms with Gasteiger partial charge < -0.3 is 16.0 Å². The summed E-state index contributed by atoms with van der Waals surface area (Å²) in [5.41, 5.74) is 7.53. The predicted octanol–water partition coefficient (Wildman–Crippen LogP) is 1.96. The van der Waals surface area contributed by atoms with E-state index in [4.69, 9.17) is 5.73 Å². The van der Waals surface area contributed by atoms with Crippen LogP contribution in [0.25, 0.3) is 0 Å². The Morgan fingerprint density at radius 2 is 2.29 bits per heavy atom. The minimum absolute atomic E-state index is 0.0254. The monoisotopic (exact) mass is 233 g/mol. The lowest BCUT2D eigenvalue weighted by Crippen LogP contribution is -2.40. The Hall–Kier alpha value is -1.71. The second-order valence-corrected chi connectivity index (χ2v) is 4.48. The van der Waals surface area contributed by atoms with Gasteiger partial charge in [0.2, 0.25) is 0 Å². The van der Waals surface area contributed by atoms with E-state index in [2.05, 4.69) is 5.32 Å². The van der Waals surface area contributed by atoms with Crippen LogP contribution in [0.2, 0.25) is 0 Å². The quantitative estimate of drug-likeness (QED) is 0.781.